The Bertz CT molecular complexity index is 1740. The summed E-state index contributed by atoms with van der Waals surface area (Å²) in [6.07, 6.45) is 0. The number of nitrogens with zero attached hydrogens (tertiary/aromatic N) is 2. The van der Waals surface area contributed by atoms with E-state index in [1.807, 2.05) is 52.0 Å². The Labute approximate surface area is 295 Å². The maximum Gasteiger partial charge on any atom is 0.494 e. The molecule has 0 saturated carbocycles. The molecule has 0 aliphatic carbocycles. The van der Waals surface area contributed by atoms with Gasteiger partial charge in [0.25, 0.3) is 11.8 Å². The molecule has 1 N–H and O–H groups in total. The molecule has 6 nitrogen and oxygen atoms in total. The van der Waals surface area contributed by atoms with Gasteiger partial charge in [-0.1, -0.05) is 93.6 Å². The van der Waals surface area contributed by atoms with E-state index in [4.69, 9.17) is 13.7 Å². The molecule has 0 spiro atoms. The van der Waals surface area contributed by atoms with Crippen LogP contribution in [0.3, 0.4) is 0 Å². The second-order valence-corrected chi connectivity index (χ2v) is 20.4. The van der Waals surface area contributed by atoms with E-state index in [1.54, 1.807) is 24.3 Å². The lowest BCUT2D eigenvalue weighted by Crippen LogP contribution is -2.41. The number of alkyl halides is 4. The number of hydrogen-bond donors (Lipinski definition) is 1. The second-order valence-electron chi connectivity index (χ2n) is 15.5. The van der Waals surface area contributed by atoms with Crippen LogP contribution in [-0.2, 0) is 25.6 Å². The quantitative estimate of drug-likeness (QED) is 0.106. The molecule has 1 aliphatic heterocycles. The van der Waals surface area contributed by atoms with Gasteiger partial charge in [-0.15, -0.1) is 10.2 Å². The molecule has 2 heterocycles. The number of fused-ring (bicyclic) bond motifs is 1. The Hall–Kier alpha value is -3.32. The lowest BCUT2D eigenvalue weighted by Gasteiger charge is -2.36. The summed E-state index contributed by atoms with van der Waals surface area (Å²) in [6, 6.07) is 20.2. The molecule has 1 aromatic heterocycles. The first kappa shape index (κ1) is 39.5. The van der Waals surface area contributed by atoms with Crippen molar-refractivity contribution in [3.05, 3.63) is 83.9 Å². The zero-order valence-corrected chi connectivity index (χ0v) is 32.1. The van der Waals surface area contributed by atoms with Crippen LogP contribution >= 0.6 is 0 Å². The molecule has 0 unspecified atom stereocenters. The van der Waals surface area contributed by atoms with E-state index in [0.717, 1.165) is 35.6 Å². The van der Waals surface area contributed by atoms with Crippen LogP contribution in [0.4, 0.5) is 23.4 Å². The highest BCUT2D eigenvalue weighted by atomic mass is 28.4. The highest BCUT2D eigenvalue weighted by molar-refractivity contribution is 6.74. The smallest absolute Gasteiger partial charge is 0.415 e. The first-order valence-electron chi connectivity index (χ1n) is 16.9. The van der Waals surface area contributed by atoms with Crippen molar-refractivity contribution in [2.24, 2.45) is 0 Å². The zero-order chi connectivity index (χ0) is 37.3. The predicted molar refractivity (Wildman–Crippen MR) is 198 cm³/mol. The van der Waals surface area contributed by atoms with E-state index in [-0.39, 0.29) is 16.2 Å². The molecule has 0 atom stereocenters. The molecule has 0 radical (unpaired) electrons. The third kappa shape index (κ3) is 9.12. The molecule has 270 valence electrons. The summed E-state index contributed by atoms with van der Waals surface area (Å²) in [5, 5.41) is 14.1. The molecule has 1 fully saturated rings. The van der Waals surface area contributed by atoms with E-state index in [0.29, 0.717) is 24.7 Å². The molecule has 1 saturated heterocycles. The number of hydrogen-bond acceptors (Lipinski definition) is 6. The third-order valence-corrected chi connectivity index (χ3v) is 14.5. The molecule has 0 bridgehead atoms. The first-order chi connectivity index (χ1) is 22.9. The number of halogens is 4. The zero-order valence-electron chi connectivity index (χ0n) is 31.1. The van der Waals surface area contributed by atoms with Crippen LogP contribution in [0, 0.1) is 0 Å². The number of nitrogens with one attached hydrogen (secondary N) is 1. The monoisotopic (exact) mass is 711 g/mol. The molecule has 4 aromatic rings. The Morgan fingerprint density at radius 1 is 0.720 bits per heavy atom. The van der Waals surface area contributed by atoms with E-state index in [9.17, 15) is 17.6 Å². The van der Waals surface area contributed by atoms with Gasteiger partial charge >= 0.3 is 7.12 Å². The molecular formula is C38H50BF4N3O3Si. The van der Waals surface area contributed by atoms with Crippen LogP contribution in [-0.4, -0.2) is 50.0 Å². The van der Waals surface area contributed by atoms with Gasteiger partial charge in [-0.3, -0.25) is 0 Å². The van der Waals surface area contributed by atoms with Gasteiger partial charge in [0.05, 0.1) is 17.8 Å². The average Bonchev–Trinajstić information content (AvgIpc) is 3.24. The Morgan fingerprint density at radius 3 is 1.68 bits per heavy atom. The number of rotatable bonds is 9. The average molecular weight is 712 g/mol. The summed E-state index contributed by atoms with van der Waals surface area (Å²) in [4.78, 5) is 0. The van der Waals surface area contributed by atoms with Crippen molar-refractivity contribution in [2.45, 2.75) is 103 Å². The maximum atomic E-state index is 13.5. The fourth-order valence-corrected chi connectivity index (χ4v) is 6.02. The predicted octanol–water partition coefficient (Wildman–Crippen LogP) is 9.94. The van der Waals surface area contributed by atoms with Crippen molar-refractivity contribution in [1.29, 1.82) is 0 Å². The van der Waals surface area contributed by atoms with Crippen molar-refractivity contribution in [3.63, 3.8) is 0 Å². The molecular weight excluding hydrogens is 661 g/mol. The van der Waals surface area contributed by atoms with Gasteiger partial charge in [-0.25, -0.2) is 17.6 Å². The highest BCUT2D eigenvalue weighted by Crippen LogP contribution is 2.38. The summed E-state index contributed by atoms with van der Waals surface area (Å²) in [5.41, 5.74) is 1.30. The van der Waals surface area contributed by atoms with Crippen LogP contribution in [0.1, 0.15) is 73.4 Å². The summed E-state index contributed by atoms with van der Waals surface area (Å²) in [6.45, 7) is 22.0. The Balaban J connectivity index is 0.000000252. The molecule has 0 amide bonds. The lowest BCUT2D eigenvalue weighted by atomic mass is 9.78. The van der Waals surface area contributed by atoms with Gasteiger partial charge in [0, 0.05) is 47.9 Å². The summed E-state index contributed by atoms with van der Waals surface area (Å²) in [5.74, 6) is -5.00. The van der Waals surface area contributed by atoms with Crippen molar-refractivity contribution < 1.29 is 31.3 Å². The van der Waals surface area contributed by atoms with E-state index < -0.39 is 38.5 Å². The minimum Gasteiger partial charge on any atom is -0.415 e. The minimum atomic E-state index is -2.87. The van der Waals surface area contributed by atoms with Gasteiger partial charge in [-0.2, -0.15) is 0 Å². The number of aromatic nitrogens is 2. The molecule has 5 rings (SSSR count). The normalized spacial score (nSPS) is 16.3. The number of benzene rings is 3. The Morgan fingerprint density at radius 2 is 1.20 bits per heavy atom. The van der Waals surface area contributed by atoms with Gasteiger partial charge < -0.3 is 19.1 Å². The van der Waals surface area contributed by atoms with Crippen molar-refractivity contribution in [1.82, 2.24) is 10.2 Å². The fourth-order valence-electron chi connectivity index (χ4n) is 4.97. The van der Waals surface area contributed by atoms with Crippen molar-refractivity contribution in [2.75, 3.05) is 18.5 Å². The Kier molecular flexibility index (Phi) is 11.3. The van der Waals surface area contributed by atoms with Gasteiger partial charge in [0.1, 0.15) is 5.69 Å². The van der Waals surface area contributed by atoms with E-state index in [2.05, 4.69) is 49.4 Å². The molecule has 50 heavy (non-hydrogen) atoms. The van der Waals surface area contributed by atoms with E-state index in [1.165, 1.54) is 24.3 Å². The third-order valence-electron chi connectivity index (χ3n) is 9.96. The van der Waals surface area contributed by atoms with Crippen LogP contribution in [0.25, 0.3) is 22.0 Å². The van der Waals surface area contributed by atoms with Crippen LogP contribution < -0.4 is 10.8 Å². The first-order valence-corrected chi connectivity index (χ1v) is 19.8. The van der Waals surface area contributed by atoms with Crippen LogP contribution in [0.2, 0.25) is 18.1 Å². The van der Waals surface area contributed by atoms with Crippen molar-refractivity contribution >= 4 is 37.5 Å². The lowest BCUT2D eigenvalue weighted by molar-refractivity contribution is 0.00578. The van der Waals surface area contributed by atoms with Crippen LogP contribution in [0.15, 0.2) is 72.8 Å². The number of anilines is 1. The molecule has 3 aromatic carbocycles. The molecule has 12 heteroatoms. The van der Waals surface area contributed by atoms with Crippen molar-refractivity contribution in [3.8, 4) is 11.3 Å². The fraction of sp³-hybridized carbons (Fsp3) is 0.474. The van der Waals surface area contributed by atoms with Gasteiger partial charge in [0.15, 0.2) is 14.1 Å². The summed E-state index contributed by atoms with van der Waals surface area (Å²) >= 11 is 0. The second kappa shape index (κ2) is 14.4. The van der Waals surface area contributed by atoms with Gasteiger partial charge in [0.2, 0.25) is 0 Å². The van der Waals surface area contributed by atoms with Crippen LogP contribution in [0.5, 0.6) is 0 Å². The highest BCUT2D eigenvalue weighted by Gasteiger charge is 2.51. The van der Waals surface area contributed by atoms with E-state index >= 15 is 0 Å². The summed E-state index contributed by atoms with van der Waals surface area (Å²) < 4.78 is 71.3. The maximum absolute atomic E-state index is 13.5. The SMILES string of the molecule is CC(F)(F)c1ccc(-c2nnc(NCCO[Si](C)(C)C(C)(C)C)c3ccccc23)cc1.CC(F)(F)c1ccc(B2OC(C)(C)C(C)(C)O2)cc1. The largest absolute Gasteiger partial charge is 0.494 e. The van der Waals surface area contributed by atoms with Gasteiger partial charge in [-0.05, 0) is 51.3 Å². The minimum absolute atomic E-state index is 0.00670. The summed E-state index contributed by atoms with van der Waals surface area (Å²) in [7, 11) is -2.31. The topological polar surface area (TPSA) is 65.5 Å². The standard InChI is InChI=1S/C24H31F2N3OSi.C14H19BF2O2/c1-23(2,3)31(5,6)30-16-15-27-22-20-10-8-7-9-19(20)21(28-29-22)17-11-13-18(14-12-17)24(4,25)26;1-12(2)13(3,4)19-15(18-12)11-8-6-10(7-9-11)14(5,16)17/h7-14H,15-16H2,1-6H3,(H,27,29);6-9H,1-5H3. The molecule has 1 aliphatic rings.